The SMILES string of the molecule is C=CC(=O)CCCCCCOc1ccc(C(=O)Oc2ccc(OC(=O)c3ccc(OCCCCCCC(=O)C=C)cc3)c(Cc3ccco3)c2)cc1. The van der Waals surface area contributed by atoms with Crippen LogP contribution in [0.4, 0.5) is 0 Å². The van der Waals surface area contributed by atoms with Gasteiger partial charge < -0.3 is 23.4 Å². The van der Waals surface area contributed by atoms with Crippen LogP contribution in [-0.2, 0) is 16.0 Å². The first-order valence-electron chi connectivity index (χ1n) is 17.7. The van der Waals surface area contributed by atoms with Crippen molar-refractivity contribution in [2.24, 2.45) is 0 Å². The average molecular weight is 707 g/mol. The number of unbranched alkanes of at least 4 members (excludes halogenated alkanes) is 6. The molecule has 9 heteroatoms. The second-order valence-electron chi connectivity index (χ2n) is 12.2. The van der Waals surface area contributed by atoms with E-state index in [1.165, 1.54) is 12.2 Å². The molecule has 0 fully saturated rings. The predicted molar refractivity (Wildman–Crippen MR) is 198 cm³/mol. The van der Waals surface area contributed by atoms with Crippen molar-refractivity contribution >= 4 is 23.5 Å². The number of hydrogen-bond donors (Lipinski definition) is 0. The maximum atomic E-state index is 13.1. The summed E-state index contributed by atoms with van der Waals surface area (Å²) in [7, 11) is 0. The van der Waals surface area contributed by atoms with Crippen LogP contribution >= 0.6 is 0 Å². The summed E-state index contributed by atoms with van der Waals surface area (Å²) in [4.78, 5) is 48.7. The summed E-state index contributed by atoms with van der Waals surface area (Å²) < 4.78 is 28.6. The molecule has 0 radical (unpaired) electrons. The monoisotopic (exact) mass is 706 g/mol. The number of esters is 2. The van der Waals surface area contributed by atoms with E-state index in [0.29, 0.717) is 72.2 Å². The molecule has 0 saturated heterocycles. The number of carbonyl (C=O) groups is 4. The summed E-state index contributed by atoms with van der Waals surface area (Å²) in [5.74, 6) is 1.58. The average Bonchev–Trinajstić information content (AvgIpc) is 3.68. The topological polar surface area (TPSA) is 118 Å². The summed E-state index contributed by atoms with van der Waals surface area (Å²) in [5.41, 5.74) is 1.30. The van der Waals surface area contributed by atoms with Gasteiger partial charge in [-0.15, -0.1) is 0 Å². The van der Waals surface area contributed by atoms with Gasteiger partial charge in [-0.3, -0.25) is 9.59 Å². The van der Waals surface area contributed by atoms with Crippen molar-refractivity contribution in [3.63, 3.8) is 0 Å². The zero-order chi connectivity index (χ0) is 37.0. The van der Waals surface area contributed by atoms with Gasteiger partial charge in [-0.05, 0) is 117 Å². The first-order valence-corrected chi connectivity index (χ1v) is 17.7. The summed E-state index contributed by atoms with van der Waals surface area (Å²) in [5, 5.41) is 0. The molecule has 52 heavy (non-hydrogen) atoms. The molecule has 1 heterocycles. The molecule has 0 N–H and O–H groups in total. The number of furan rings is 1. The van der Waals surface area contributed by atoms with E-state index in [4.69, 9.17) is 23.4 Å². The molecular weight excluding hydrogens is 660 g/mol. The maximum absolute atomic E-state index is 13.1. The van der Waals surface area contributed by atoms with Gasteiger partial charge in [0.05, 0.1) is 30.6 Å². The summed E-state index contributed by atoms with van der Waals surface area (Å²) >= 11 is 0. The van der Waals surface area contributed by atoms with E-state index in [-0.39, 0.29) is 17.3 Å². The van der Waals surface area contributed by atoms with Crippen LogP contribution in [0, 0.1) is 0 Å². The van der Waals surface area contributed by atoms with Gasteiger partial charge in [-0.2, -0.15) is 0 Å². The van der Waals surface area contributed by atoms with Gasteiger partial charge in [0.1, 0.15) is 28.8 Å². The fraction of sp³-hybridized carbons (Fsp3) is 0.302. The van der Waals surface area contributed by atoms with Gasteiger partial charge >= 0.3 is 11.9 Å². The summed E-state index contributed by atoms with van der Waals surface area (Å²) in [6, 6.07) is 21.9. The standard InChI is InChI=1S/C43H46O9/c1-3-35(44)14-9-5-7-11-27-48-37-21-17-32(18-22-37)42(46)51-40-25-26-41(34(31-40)30-39-16-13-29-50-39)52-43(47)33-19-23-38(24-20-33)49-28-12-8-6-10-15-36(45)4-2/h3-4,13,16-26,29,31H,1-2,5-12,14-15,27-28,30H2. The lowest BCUT2D eigenvalue weighted by Crippen LogP contribution is -2.11. The third-order valence-electron chi connectivity index (χ3n) is 8.20. The maximum Gasteiger partial charge on any atom is 0.343 e. The quantitative estimate of drug-likeness (QED) is 0.0304. The third kappa shape index (κ3) is 13.5. The van der Waals surface area contributed by atoms with Crippen molar-refractivity contribution < 1.29 is 42.5 Å². The lowest BCUT2D eigenvalue weighted by Gasteiger charge is -2.13. The lowest BCUT2D eigenvalue weighted by molar-refractivity contribution is -0.115. The van der Waals surface area contributed by atoms with Crippen LogP contribution in [0.25, 0.3) is 0 Å². The minimum Gasteiger partial charge on any atom is -0.494 e. The molecule has 0 bridgehead atoms. The van der Waals surface area contributed by atoms with Crippen LogP contribution in [0.15, 0.2) is 115 Å². The molecule has 0 aliphatic rings. The van der Waals surface area contributed by atoms with E-state index in [1.54, 1.807) is 79.1 Å². The highest BCUT2D eigenvalue weighted by Gasteiger charge is 2.17. The summed E-state index contributed by atoms with van der Waals surface area (Å²) in [6.45, 7) is 8.05. The molecule has 0 saturated carbocycles. The molecular formula is C43H46O9. The van der Waals surface area contributed by atoms with Crippen molar-refractivity contribution in [1.29, 1.82) is 0 Å². The second-order valence-corrected chi connectivity index (χ2v) is 12.2. The highest BCUT2D eigenvalue weighted by molar-refractivity contribution is 5.92. The molecule has 0 atom stereocenters. The number of allylic oxidation sites excluding steroid dienone is 2. The fourth-order valence-corrected chi connectivity index (χ4v) is 5.25. The zero-order valence-corrected chi connectivity index (χ0v) is 29.5. The Morgan fingerprint density at radius 2 is 1.08 bits per heavy atom. The van der Waals surface area contributed by atoms with E-state index in [9.17, 15) is 19.2 Å². The van der Waals surface area contributed by atoms with E-state index in [1.807, 2.05) is 6.07 Å². The predicted octanol–water partition coefficient (Wildman–Crippen LogP) is 9.48. The van der Waals surface area contributed by atoms with Gasteiger partial charge in [0.25, 0.3) is 0 Å². The zero-order valence-electron chi connectivity index (χ0n) is 29.5. The molecule has 4 rings (SSSR count). The Balaban J connectivity index is 1.28. The van der Waals surface area contributed by atoms with Crippen LogP contribution in [0.1, 0.15) is 96.2 Å². The van der Waals surface area contributed by atoms with Crippen LogP contribution < -0.4 is 18.9 Å². The molecule has 0 aliphatic heterocycles. The minimum atomic E-state index is -0.548. The first kappa shape index (κ1) is 39.1. The molecule has 0 amide bonds. The van der Waals surface area contributed by atoms with Gasteiger partial charge in [0.2, 0.25) is 0 Å². The normalized spacial score (nSPS) is 10.6. The van der Waals surface area contributed by atoms with Crippen molar-refractivity contribution in [3.05, 3.63) is 133 Å². The highest BCUT2D eigenvalue weighted by atomic mass is 16.5. The Morgan fingerprint density at radius 3 is 1.58 bits per heavy atom. The van der Waals surface area contributed by atoms with Crippen molar-refractivity contribution in [2.75, 3.05) is 13.2 Å². The Labute approximate surface area is 305 Å². The van der Waals surface area contributed by atoms with Crippen molar-refractivity contribution in [2.45, 2.75) is 70.6 Å². The highest BCUT2D eigenvalue weighted by Crippen LogP contribution is 2.29. The van der Waals surface area contributed by atoms with Crippen molar-refractivity contribution in [1.82, 2.24) is 0 Å². The van der Waals surface area contributed by atoms with E-state index >= 15 is 0 Å². The number of rotatable bonds is 24. The van der Waals surface area contributed by atoms with Crippen LogP contribution in [0.5, 0.6) is 23.0 Å². The van der Waals surface area contributed by atoms with Gasteiger partial charge in [-0.25, -0.2) is 9.59 Å². The molecule has 3 aromatic carbocycles. The van der Waals surface area contributed by atoms with E-state index < -0.39 is 11.9 Å². The van der Waals surface area contributed by atoms with Gasteiger partial charge in [0.15, 0.2) is 11.6 Å². The van der Waals surface area contributed by atoms with Gasteiger partial charge in [-0.1, -0.05) is 38.8 Å². The minimum absolute atomic E-state index is 0.0712. The van der Waals surface area contributed by atoms with Crippen molar-refractivity contribution in [3.8, 4) is 23.0 Å². The lowest BCUT2D eigenvalue weighted by atomic mass is 10.1. The van der Waals surface area contributed by atoms with Crippen LogP contribution in [-0.4, -0.2) is 36.7 Å². The number of ketones is 2. The van der Waals surface area contributed by atoms with Gasteiger partial charge in [0, 0.05) is 24.8 Å². The number of carbonyl (C=O) groups excluding carboxylic acids is 4. The van der Waals surface area contributed by atoms with Crippen LogP contribution in [0.3, 0.4) is 0 Å². The molecule has 0 spiro atoms. The number of hydrogen-bond acceptors (Lipinski definition) is 9. The molecule has 272 valence electrons. The fourth-order valence-electron chi connectivity index (χ4n) is 5.25. The molecule has 9 nitrogen and oxygen atoms in total. The summed E-state index contributed by atoms with van der Waals surface area (Å²) in [6.07, 6.45) is 12.9. The Kier molecular flexibility index (Phi) is 16.2. The smallest absolute Gasteiger partial charge is 0.343 e. The molecule has 0 aliphatic carbocycles. The Bertz CT molecular complexity index is 1750. The first-order chi connectivity index (χ1) is 25.3. The van der Waals surface area contributed by atoms with E-state index in [2.05, 4.69) is 13.2 Å². The Morgan fingerprint density at radius 1 is 0.577 bits per heavy atom. The number of benzene rings is 3. The molecule has 0 unspecified atom stereocenters. The Hall–Kier alpha value is -5.70. The molecule has 1 aromatic heterocycles. The van der Waals surface area contributed by atoms with E-state index in [0.717, 1.165) is 51.4 Å². The molecule has 4 aromatic rings. The second kappa shape index (κ2) is 21.5. The number of ether oxygens (including phenoxy) is 4. The van der Waals surface area contributed by atoms with Crippen LogP contribution in [0.2, 0.25) is 0 Å². The third-order valence-corrected chi connectivity index (χ3v) is 8.20. The largest absolute Gasteiger partial charge is 0.494 e.